The predicted octanol–water partition coefficient (Wildman–Crippen LogP) is 1.34. The van der Waals surface area contributed by atoms with E-state index in [9.17, 15) is 34.2 Å². The third kappa shape index (κ3) is 8.64. The number of carbonyl (C=O) groups excluding carboxylic acids is 3. The van der Waals surface area contributed by atoms with E-state index in [1.807, 2.05) is 30.3 Å². The van der Waals surface area contributed by atoms with Crippen LogP contribution < -0.4 is 21.7 Å². The maximum atomic E-state index is 13.4. The van der Waals surface area contributed by atoms with E-state index in [1.54, 1.807) is 44.3 Å². The smallest absolute Gasteiger partial charge is 0.326 e. The topological polar surface area (TPSA) is 204 Å². The minimum atomic E-state index is -1.54. The van der Waals surface area contributed by atoms with Gasteiger partial charge in [-0.05, 0) is 29.5 Å². The summed E-state index contributed by atoms with van der Waals surface area (Å²) in [5, 5.41) is 27.4. The van der Waals surface area contributed by atoms with Crippen molar-refractivity contribution in [2.24, 2.45) is 11.7 Å². The van der Waals surface area contributed by atoms with Crippen molar-refractivity contribution in [1.29, 1.82) is 0 Å². The van der Waals surface area contributed by atoms with Crippen molar-refractivity contribution >= 4 is 40.6 Å². The maximum absolute atomic E-state index is 13.4. The number of carboxylic acid groups (broad SMARTS) is 2. The van der Waals surface area contributed by atoms with Crippen LogP contribution in [0.1, 0.15) is 37.8 Å². The summed E-state index contributed by atoms with van der Waals surface area (Å²) < 4.78 is 0. The number of aliphatic carboxylic acids is 2. The summed E-state index contributed by atoms with van der Waals surface area (Å²) in [6, 6.07) is 11.2. The molecule has 42 heavy (non-hydrogen) atoms. The summed E-state index contributed by atoms with van der Waals surface area (Å²) in [5.74, 6) is -5.40. The fourth-order valence-electron chi connectivity index (χ4n) is 4.56. The van der Waals surface area contributed by atoms with E-state index in [-0.39, 0.29) is 12.8 Å². The zero-order chi connectivity index (χ0) is 30.8. The van der Waals surface area contributed by atoms with Crippen LogP contribution in [-0.4, -0.2) is 69.0 Å². The molecule has 224 valence electrons. The van der Waals surface area contributed by atoms with E-state index in [1.165, 1.54) is 0 Å². The highest BCUT2D eigenvalue weighted by Crippen LogP contribution is 2.20. The number of benzene rings is 2. The zero-order valence-electron chi connectivity index (χ0n) is 23.5. The summed E-state index contributed by atoms with van der Waals surface area (Å²) in [7, 11) is 0. The number of hydrogen-bond donors (Lipinski definition) is 7. The molecular weight excluding hydrogens is 542 g/mol. The Bertz CT molecular complexity index is 1410. The molecule has 0 aliphatic rings. The molecule has 3 aromatic rings. The molecule has 0 radical (unpaired) electrons. The van der Waals surface area contributed by atoms with Crippen molar-refractivity contribution in [1.82, 2.24) is 20.9 Å². The number of para-hydroxylation sites is 1. The second kappa shape index (κ2) is 14.8. The SMILES string of the molecule is CCC(C)C(NC(=O)C(Cc1c[nH]c2ccccc12)NC(=O)C(CC(=O)O)NC(=O)C(N)Cc1ccccc1)C(=O)O. The Morgan fingerprint density at radius 3 is 2.10 bits per heavy atom. The van der Waals surface area contributed by atoms with Gasteiger partial charge in [0, 0.05) is 23.5 Å². The van der Waals surface area contributed by atoms with Gasteiger partial charge < -0.3 is 36.9 Å². The van der Waals surface area contributed by atoms with Gasteiger partial charge in [0.25, 0.3) is 0 Å². The highest BCUT2D eigenvalue weighted by atomic mass is 16.4. The summed E-state index contributed by atoms with van der Waals surface area (Å²) in [5.41, 5.74) is 8.28. The standard InChI is InChI=1S/C30H37N5O7/c1-3-17(2)26(30(41)42)35-29(40)23(14-19-16-32-22-12-8-7-11-20(19)22)34-28(39)24(15-25(36)37)33-27(38)21(31)13-18-9-5-4-6-10-18/h4-12,16-17,21,23-24,26,32H,3,13-15,31H2,1-2H3,(H,33,38)(H,34,39)(H,35,40)(H,36,37)(H,41,42). The van der Waals surface area contributed by atoms with Crippen molar-refractivity contribution in [2.75, 3.05) is 0 Å². The molecule has 1 heterocycles. The van der Waals surface area contributed by atoms with Gasteiger partial charge in [-0.3, -0.25) is 19.2 Å². The van der Waals surface area contributed by atoms with Gasteiger partial charge in [-0.1, -0.05) is 68.8 Å². The number of fused-ring (bicyclic) bond motifs is 1. The number of amides is 3. The van der Waals surface area contributed by atoms with Gasteiger partial charge in [-0.2, -0.15) is 0 Å². The lowest BCUT2D eigenvalue weighted by Crippen LogP contribution is -2.58. The highest BCUT2D eigenvalue weighted by molar-refractivity contribution is 5.96. The molecule has 3 amide bonds. The van der Waals surface area contributed by atoms with Crippen molar-refractivity contribution in [3.8, 4) is 0 Å². The van der Waals surface area contributed by atoms with Crippen LogP contribution in [0, 0.1) is 5.92 Å². The van der Waals surface area contributed by atoms with E-state index in [0.717, 1.165) is 16.5 Å². The predicted molar refractivity (Wildman–Crippen MR) is 155 cm³/mol. The molecule has 0 spiro atoms. The Morgan fingerprint density at radius 1 is 0.833 bits per heavy atom. The quantitative estimate of drug-likeness (QED) is 0.140. The molecule has 5 unspecified atom stereocenters. The molecule has 0 saturated carbocycles. The van der Waals surface area contributed by atoms with Crippen LogP contribution in [0.3, 0.4) is 0 Å². The molecule has 0 aliphatic carbocycles. The minimum Gasteiger partial charge on any atom is -0.481 e. The minimum absolute atomic E-state index is 0.0321. The first-order valence-electron chi connectivity index (χ1n) is 13.7. The summed E-state index contributed by atoms with van der Waals surface area (Å²) in [4.78, 5) is 66.2. The Labute approximate surface area is 243 Å². The third-order valence-corrected chi connectivity index (χ3v) is 7.16. The number of rotatable bonds is 15. The average Bonchev–Trinajstić information content (AvgIpc) is 3.37. The maximum Gasteiger partial charge on any atom is 0.326 e. The van der Waals surface area contributed by atoms with E-state index < -0.39 is 66.2 Å². The van der Waals surface area contributed by atoms with Crippen LogP contribution in [0.5, 0.6) is 0 Å². The van der Waals surface area contributed by atoms with E-state index in [4.69, 9.17) is 5.73 Å². The van der Waals surface area contributed by atoms with Gasteiger partial charge in [0.2, 0.25) is 17.7 Å². The average molecular weight is 580 g/mol. The number of aromatic nitrogens is 1. The van der Waals surface area contributed by atoms with Crippen LogP contribution in [0.4, 0.5) is 0 Å². The molecule has 0 bridgehead atoms. The second-order valence-corrected chi connectivity index (χ2v) is 10.3. The van der Waals surface area contributed by atoms with Gasteiger partial charge in [0.1, 0.15) is 18.1 Å². The van der Waals surface area contributed by atoms with Gasteiger partial charge in [-0.15, -0.1) is 0 Å². The first kappa shape index (κ1) is 31.8. The van der Waals surface area contributed by atoms with Crippen LogP contribution >= 0.6 is 0 Å². The number of nitrogens with one attached hydrogen (secondary N) is 4. The van der Waals surface area contributed by atoms with E-state index >= 15 is 0 Å². The lowest BCUT2D eigenvalue weighted by molar-refractivity contribution is -0.144. The molecule has 5 atom stereocenters. The number of H-pyrrole nitrogens is 1. The highest BCUT2D eigenvalue weighted by Gasteiger charge is 2.33. The fourth-order valence-corrected chi connectivity index (χ4v) is 4.56. The lowest BCUT2D eigenvalue weighted by Gasteiger charge is -2.26. The van der Waals surface area contributed by atoms with Gasteiger partial charge in [0.15, 0.2) is 0 Å². The molecule has 12 nitrogen and oxygen atoms in total. The van der Waals surface area contributed by atoms with Gasteiger partial charge in [0.05, 0.1) is 12.5 Å². The van der Waals surface area contributed by atoms with Crippen molar-refractivity contribution in [3.63, 3.8) is 0 Å². The van der Waals surface area contributed by atoms with Crippen LogP contribution in [0.2, 0.25) is 0 Å². The van der Waals surface area contributed by atoms with Crippen molar-refractivity contribution < 1.29 is 34.2 Å². The first-order chi connectivity index (χ1) is 20.0. The second-order valence-electron chi connectivity index (χ2n) is 10.3. The summed E-state index contributed by atoms with van der Waals surface area (Å²) in [6.07, 6.45) is 1.52. The van der Waals surface area contributed by atoms with E-state index in [0.29, 0.717) is 12.0 Å². The molecule has 12 heteroatoms. The number of carboxylic acids is 2. The van der Waals surface area contributed by atoms with Crippen LogP contribution in [0.15, 0.2) is 60.8 Å². The van der Waals surface area contributed by atoms with Gasteiger partial charge >= 0.3 is 11.9 Å². The monoisotopic (exact) mass is 579 g/mol. The normalized spacial score (nSPS) is 14.6. The zero-order valence-corrected chi connectivity index (χ0v) is 23.5. The molecule has 2 aromatic carbocycles. The molecule has 0 saturated heterocycles. The molecule has 0 aliphatic heterocycles. The Balaban J connectivity index is 1.83. The Hall–Kier alpha value is -4.71. The Morgan fingerprint density at radius 2 is 1.45 bits per heavy atom. The first-order valence-corrected chi connectivity index (χ1v) is 13.7. The molecule has 1 aromatic heterocycles. The van der Waals surface area contributed by atoms with Crippen molar-refractivity contribution in [2.45, 2.75) is 63.7 Å². The molecular formula is C30H37N5O7. The number of nitrogens with two attached hydrogens (primary N) is 1. The largest absolute Gasteiger partial charge is 0.481 e. The Kier molecular flexibility index (Phi) is 11.2. The molecule has 3 rings (SSSR count). The molecule has 0 fully saturated rings. The fraction of sp³-hybridized carbons (Fsp3) is 0.367. The van der Waals surface area contributed by atoms with Crippen molar-refractivity contribution in [3.05, 3.63) is 71.9 Å². The third-order valence-electron chi connectivity index (χ3n) is 7.16. The van der Waals surface area contributed by atoms with Crippen LogP contribution in [0.25, 0.3) is 10.9 Å². The van der Waals surface area contributed by atoms with E-state index in [2.05, 4.69) is 20.9 Å². The molecule has 8 N–H and O–H groups in total. The summed E-state index contributed by atoms with van der Waals surface area (Å²) >= 11 is 0. The number of carbonyl (C=O) groups is 5. The summed E-state index contributed by atoms with van der Waals surface area (Å²) in [6.45, 7) is 3.48. The number of aromatic amines is 1. The van der Waals surface area contributed by atoms with Crippen LogP contribution in [-0.2, 0) is 36.8 Å². The number of hydrogen-bond acceptors (Lipinski definition) is 6. The van der Waals surface area contributed by atoms with Gasteiger partial charge in [-0.25, -0.2) is 4.79 Å². The lowest BCUT2D eigenvalue weighted by atomic mass is 9.98.